The third kappa shape index (κ3) is 3.95. The third-order valence-electron chi connectivity index (χ3n) is 10.3. The van der Waals surface area contributed by atoms with Gasteiger partial charge in [-0.1, -0.05) is 19.4 Å². The van der Waals surface area contributed by atoms with Crippen molar-refractivity contribution in [3.05, 3.63) is 22.9 Å². The molecule has 0 aromatic heterocycles. The largest absolute Gasteiger partial charge is 0.479 e. The number of nitrogens with one attached hydrogen (secondary N) is 1. The number of carbonyl (C=O) groups excluding carboxylic acids is 1. The molecule has 5 rings (SSSR count). The summed E-state index contributed by atoms with van der Waals surface area (Å²) in [6.07, 6.45) is 1.66. The van der Waals surface area contributed by atoms with E-state index in [4.69, 9.17) is 9.57 Å². The molecule has 1 saturated heterocycles. The van der Waals surface area contributed by atoms with Crippen LogP contribution in [0.25, 0.3) is 0 Å². The second-order valence-corrected chi connectivity index (χ2v) is 12.0. The zero-order valence-corrected chi connectivity index (χ0v) is 21.3. The minimum atomic E-state index is -1.75. The van der Waals surface area contributed by atoms with Gasteiger partial charge in [0.15, 0.2) is 11.9 Å². The number of hydrogen-bond donors (Lipinski definition) is 5. The van der Waals surface area contributed by atoms with Crippen molar-refractivity contribution < 1.29 is 39.6 Å². The molecule has 4 fully saturated rings. The Morgan fingerprint density at radius 3 is 2.44 bits per heavy atom. The highest BCUT2D eigenvalue weighted by Crippen LogP contribution is 2.66. The van der Waals surface area contributed by atoms with Crippen molar-refractivity contribution in [2.45, 2.75) is 103 Å². The van der Waals surface area contributed by atoms with E-state index in [1.54, 1.807) is 0 Å². The van der Waals surface area contributed by atoms with Gasteiger partial charge < -0.3 is 25.2 Å². The van der Waals surface area contributed by atoms with Crippen LogP contribution in [0.3, 0.4) is 0 Å². The van der Waals surface area contributed by atoms with Crippen molar-refractivity contribution in [3.63, 3.8) is 0 Å². The number of hydrogen-bond acceptors (Lipinski definition) is 8. The number of aliphatic carboxylic acids is 1. The number of allylic oxidation sites excluding steroid dienone is 3. The normalized spacial score (nSPS) is 47.8. The number of ketones is 1. The topological polar surface area (TPSA) is 146 Å². The second kappa shape index (κ2) is 9.20. The van der Waals surface area contributed by atoms with Crippen LogP contribution in [0.4, 0.5) is 0 Å². The van der Waals surface area contributed by atoms with E-state index in [1.807, 2.05) is 13.0 Å². The lowest BCUT2D eigenvalue weighted by molar-refractivity contribution is -0.306. The molecule has 9 nitrogen and oxygen atoms in total. The molecule has 0 radical (unpaired) electrons. The van der Waals surface area contributed by atoms with Crippen LogP contribution in [0.1, 0.15) is 72.1 Å². The maximum Gasteiger partial charge on any atom is 0.335 e. The standard InChI is InChI=1S/C27H39NO8/c1-13(28-36-25-22(32)20(30)21(31)23(35-25)24(33)34)17-6-7-18-16-5-4-14-12-15(29)8-10-26(14,2)19(16)9-11-27(17,18)3/h12,16,18-23,25,28,30-32H,4-11H2,1-3H3,(H,33,34)/b17-13-/t16-,18-,19-,20-,21-,22+,23-,25?,26-,27+/m0/s1. The van der Waals surface area contributed by atoms with Crippen LogP contribution < -0.4 is 5.48 Å². The van der Waals surface area contributed by atoms with Crippen LogP contribution in [0.2, 0.25) is 0 Å². The summed E-state index contributed by atoms with van der Waals surface area (Å²) in [5, 5.41) is 39.4. The van der Waals surface area contributed by atoms with Crippen molar-refractivity contribution in [1.82, 2.24) is 5.48 Å². The van der Waals surface area contributed by atoms with Gasteiger partial charge in [-0.2, -0.15) is 0 Å². The first-order valence-electron chi connectivity index (χ1n) is 13.3. The van der Waals surface area contributed by atoms with Gasteiger partial charge in [-0.3, -0.25) is 10.3 Å². The maximum absolute atomic E-state index is 12.1. The van der Waals surface area contributed by atoms with Gasteiger partial charge in [0.2, 0.25) is 6.29 Å². The Hall–Kier alpha value is -1.78. The molecule has 1 heterocycles. The first-order valence-corrected chi connectivity index (χ1v) is 13.3. The van der Waals surface area contributed by atoms with Gasteiger partial charge in [-0.05, 0) is 92.1 Å². The van der Waals surface area contributed by atoms with E-state index in [0.717, 1.165) is 50.6 Å². The molecule has 0 spiro atoms. The fourth-order valence-corrected chi connectivity index (χ4v) is 8.35. The number of aliphatic hydroxyl groups excluding tert-OH is 3. The number of rotatable bonds is 4. The monoisotopic (exact) mass is 505 g/mol. The summed E-state index contributed by atoms with van der Waals surface area (Å²) < 4.78 is 5.23. The average Bonchev–Trinajstić information content (AvgIpc) is 3.19. The average molecular weight is 506 g/mol. The molecular weight excluding hydrogens is 466 g/mol. The van der Waals surface area contributed by atoms with Crippen LogP contribution in [0.5, 0.6) is 0 Å². The molecule has 5 N–H and O–H groups in total. The highest BCUT2D eigenvalue weighted by molar-refractivity contribution is 5.91. The van der Waals surface area contributed by atoms with Gasteiger partial charge in [0, 0.05) is 12.1 Å². The van der Waals surface area contributed by atoms with Gasteiger partial charge in [0.1, 0.15) is 18.3 Å². The van der Waals surface area contributed by atoms with Crippen molar-refractivity contribution in [2.24, 2.45) is 28.6 Å². The molecule has 3 saturated carbocycles. The van der Waals surface area contributed by atoms with Gasteiger partial charge in [-0.25, -0.2) is 9.63 Å². The first-order chi connectivity index (χ1) is 17.0. The van der Waals surface area contributed by atoms with Crippen LogP contribution in [0, 0.1) is 28.6 Å². The zero-order chi connectivity index (χ0) is 26.0. The molecule has 200 valence electrons. The van der Waals surface area contributed by atoms with Crippen molar-refractivity contribution >= 4 is 11.8 Å². The maximum atomic E-state index is 12.1. The lowest BCUT2D eigenvalue weighted by atomic mass is 9.47. The van der Waals surface area contributed by atoms with Crippen LogP contribution >= 0.6 is 0 Å². The number of carboxylic acid groups (broad SMARTS) is 1. The van der Waals surface area contributed by atoms with E-state index < -0.39 is 36.7 Å². The Kier molecular flexibility index (Phi) is 6.61. The quantitative estimate of drug-likeness (QED) is 0.363. The summed E-state index contributed by atoms with van der Waals surface area (Å²) >= 11 is 0. The summed E-state index contributed by atoms with van der Waals surface area (Å²) in [5.41, 5.74) is 6.46. The summed E-state index contributed by atoms with van der Waals surface area (Å²) in [4.78, 5) is 29.0. The molecule has 0 bridgehead atoms. The Labute approximate surface area is 211 Å². The fraction of sp³-hybridized carbons (Fsp3) is 0.778. The molecule has 0 amide bonds. The van der Waals surface area contributed by atoms with Crippen LogP contribution in [-0.4, -0.2) is 62.9 Å². The van der Waals surface area contributed by atoms with Crippen molar-refractivity contribution in [2.75, 3.05) is 0 Å². The summed E-state index contributed by atoms with van der Waals surface area (Å²) in [6, 6.07) is 0. The van der Waals surface area contributed by atoms with E-state index in [2.05, 4.69) is 19.3 Å². The zero-order valence-electron chi connectivity index (χ0n) is 21.3. The Morgan fingerprint density at radius 1 is 1.00 bits per heavy atom. The van der Waals surface area contributed by atoms with Crippen LogP contribution in [-0.2, 0) is 19.2 Å². The molecule has 0 aromatic rings. The van der Waals surface area contributed by atoms with Gasteiger partial charge >= 0.3 is 5.97 Å². The molecular formula is C27H39NO8. The lowest BCUT2D eigenvalue weighted by Crippen LogP contribution is -2.61. The SMILES string of the molecule is C/C(NOC1O[C@H](C(=O)O)[C@@H](O)[C@H](O)[C@H]1O)=C1\CC[C@H]2[C@@H]3CCC4=CC(=O)CC[C@]4(C)[C@H]3CC[C@]12C. The predicted octanol–water partition coefficient (Wildman–Crippen LogP) is 2.21. The minimum Gasteiger partial charge on any atom is -0.479 e. The molecule has 36 heavy (non-hydrogen) atoms. The molecule has 0 aromatic carbocycles. The third-order valence-corrected chi connectivity index (χ3v) is 10.3. The van der Waals surface area contributed by atoms with Crippen molar-refractivity contribution in [1.29, 1.82) is 0 Å². The molecule has 10 atom stereocenters. The number of carbonyl (C=O) groups is 2. The predicted molar refractivity (Wildman–Crippen MR) is 128 cm³/mol. The number of fused-ring (bicyclic) bond motifs is 5. The molecule has 9 heteroatoms. The molecule has 1 unspecified atom stereocenters. The Balaban J connectivity index is 1.31. The van der Waals surface area contributed by atoms with E-state index in [-0.39, 0.29) is 16.6 Å². The summed E-state index contributed by atoms with van der Waals surface area (Å²) in [7, 11) is 0. The molecule has 4 aliphatic carbocycles. The number of ether oxygens (including phenoxy) is 1. The summed E-state index contributed by atoms with van der Waals surface area (Å²) in [5.74, 6) is 0.588. The number of aliphatic hydroxyl groups is 3. The highest BCUT2D eigenvalue weighted by Gasteiger charge is 2.58. The van der Waals surface area contributed by atoms with Gasteiger partial charge in [0.25, 0.3) is 0 Å². The van der Waals surface area contributed by atoms with E-state index in [9.17, 15) is 30.0 Å². The summed E-state index contributed by atoms with van der Waals surface area (Å²) in [6.45, 7) is 6.63. The Bertz CT molecular complexity index is 992. The van der Waals surface area contributed by atoms with E-state index >= 15 is 0 Å². The van der Waals surface area contributed by atoms with Gasteiger partial charge in [-0.15, -0.1) is 0 Å². The Morgan fingerprint density at radius 2 is 1.72 bits per heavy atom. The minimum absolute atomic E-state index is 0.00895. The fourth-order valence-electron chi connectivity index (χ4n) is 8.35. The number of hydroxylamine groups is 1. The van der Waals surface area contributed by atoms with Gasteiger partial charge in [0.05, 0.1) is 0 Å². The van der Waals surface area contributed by atoms with Crippen molar-refractivity contribution in [3.8, 4) is 0 Å². The molecule has 5 aliphatic rings. The van der Waals surface area contributed by atoms with Crippen LogP contribution in [0.15, 0.2) is 22.9 Å². The van der Waals surface area contributed by atoms with E-state index in [0.29, 0.717) is 24.2 Å². The lowest BCUT2D eigenvalue weighted by Gasteiger charge is -2.57. The van der Waals surface area contributed by atoms with E-state index in [1.165, 1.54) is 11.1 Å². The second-order valence-electron chi connectivity index (χ2n) is 12.0. The molecule has 1 aliphatic heterocycles. The first kappa shape index (κ1) is 25.9. The smallest absolute Gasteiger partial charge is 0.335 e. The number of carboxylic acids is 1. The highest BCUT2D eigenvalue weighted by atomic mass is 16.8.